The SMILES string of the molecule is CCOC(=O)C1(C(C)=O)C(C=C(Cl)Cl)C1(C)C. The molecule has 2 atom stereocenters. The van der Waals surface area contributed by atoms with E-state index in [0.717, 1.165) is 0 Å². The number of hydrogen-bond donors (Lipinski definition) is 0. The first kappa shape index (κ1) is 14.5. The topological polar surface area (TPSA) is 43.4 Å². The van der Waals surface area contributed by atoms with E-state index in [9.17, 15) is 9.59 Å². The van der Waals surface area contributed by atoms with Crippen LogP contribution in [-0.2, 0) is 14.3 Å². The molecule has 1 fully saturated rings. The summed E-state index contributed by atoms with van der Waals surface area (Å²) in [5.74, 6) is -1.01. The second-order valence-corrected chi connectivity index (χ2v) is 5.75. The van der Waals surface area contributed by atoms with Gasteiger partial charge >= 0.3 is 5.97 Å². The summed E-state index contributed by atoms with van der Waals surface area (Å²) in [6.07, 6.45) is 1.54. The number of rotatable bonds is 4. The third-order valence-electron chi connectivity index (χ3n) is 3.62. The van der Waals surface area contributed by atoms with Crippen LogP contribution >= 0.6 is 23.2 Å². The smallest absolute Gasteiger partial charge is 0.320 e. The zero-order valence-corrected chi connectivity index (χ0v) is 11.9. The normalized spacial score (nSPS) is 29.4. The van der Waals surface area contributed by atoms with E-state index in [2.05, 4.69) is 0 Å². The van der Waals surface area contributed by atoms with E-state index in [1.165, 1.54) is 6.92 Å². The summed E-state index contributed by atoms with van der Waals surface area (Å²) in [4.78, 5) is 23.9. The molecule has 96 valence electrons. The van der Waals surface area contributed by atoms with Gasteiger partial charge in [-0.25, -0.2) is 0 Å². The largest absolute Gasteiger partial charge is 0.465 e. The zero-order chi connectivity index (χ0) is 13.4. The van der Waals surface area contributed by atoms with Crippen LogP contribution in [-0.4, -0.2) is 18.4 Å². The summed E-state index contributed by atoms with van der Waals surface area (Å²) in [7, 11) is 0. The highest BCUT2D eigenvalue weighted by Gasteiger charge is 2.78. The lowest BCUT2D eigenvalue weighted by Crippen LogP contribution is -2.31. The number of Topliss-reactive ketones (excluding diaryl/α,β-unsaturated/α-hetero) is 1. The van der Waals surface area contributed by atoms with E-state index in [1.807, 2.05) is 13.8 Å². The van der Waals surface area contributed by atoms with Gasteiger partial charge in [0.1, 0.15) is 15.7 Å². The molecule has 0 aromatic rings. The summed E-state index contributed by atoms with van der Waals surface area (Å²) in [5.41, 5.74) is -1.65. The molecule has 0 aromatic heterocycles. The van der Waals surface area contributed by atoms with Crippen molar-refractivity contribution in [1.29, 1.82) is 0 Å². The number of esters is 1. The third kappa shape index (κ3) is 2.00. The van der Waals surface area contributed by atoms with Gasteiger partial charge < -0.3 is 4.74 Å². The first-order valence-corrected chi connectivity index (χ1v) is 6.19. The molecule has 1 rings (SSSR count). The maximum atomic E-state index is 12.0. The van der Waals surface area contributed by atoms with Gasteiger partial charge in [0, 0.05) is 5.92 Å². The molecule has 0 saturated heterocycles. The predicted octanol–water partition coefficient (Wildman–Crippen LogP) is 3.10. The molecule has 1 saturated carbocycles. The number of allylic oxidation sites excluding steroid dienone is 1. The molecule has 0 aromatic carbocycles. The fraction of sp³-hybridized carbons (Fsp3) is 0.667. The molecule has 5 heteroatoms. The highest BCUT2D eigenvalue weighted by atomic mass is 35.5. The molecule has 1 aliphatic rings. The van der Waals surface area contributed by atoms with E-state index < -0.39 is 16.8 Å². The number of hydrogen-bond acceptors (Lipinski definition) is 3. The lowest BCUT2D eigenvalue weighted by Gasteiger charge is -2.15. The molecule has 0 N–H and O–H groups in total. The molecule has 1 aliphatic carbocycles. The van der Waals surface area contributed by atoms with Gasteiger partial charge in [-0.3, -0.25) is 9.59 Å². The summed E-state index contributed by atoms with van der Waals surface area (Å²) in [6, 6.07) is 0. The molecular formula is C12H16Cl2O3. The van der Waals surface area contributed by atoms with Crippen LogP contribution in [0, 0.1) is 16.7 Å². The van der Waals surface area contributed by atoms with Crippen LogP contribution in [0.25, 0.3) is 0 Å². The van der Waals surface area contributed by atoms with E-state index in [4.69, 9.17) is 27.9 Å². The predicted molar refractivity (Wildman–Crippen MR) is 66.8 cm³/mol. The van der Waals surface area contributed by atoms with E-state index in [0.29, 0.717) is 0 Å². The average Bonchev–Trinajstić information content (AvgIpc) is 2.63. The lowest BCUT2D eigenvalue weighted by molar-refractivity contribution is -0.155. The Balaban J connectivity index is 3.16. The Labute approximate surface area is 111 Å². The minimum Gasteiger partial charge on any atom is -0.465 e. The van der Waals surface area contributed by atoms with Crippen LogP contribution in [0.1, 0.15) is 27.7 Å². The highest BCUT2D eigenvalue weighted by molar-refractivity contribution is 6.55. The van der Waals surface area contributed by atoms with Crippen molar-refractivity contribution in [3.05, 3.63) is 10.6 Å². The Kier molecular flexibility index (Phi) is 3.94. The van der Waals surface area contributed by atoms with Gasteiger partial charge in [0.2, 0.25) is 0 Å². The van der Waals surface area contributed by atoms with Crippen molar-refractivity contribution in [1.82, 2.24) is 0 Å². The van der Waals surface area contributed by atoms with Gasteiger partial charge in [0.25, 0.3) is 0 Å². The average molecular weight is 279 g/mol. The van der Waals surface area contributed by atoms with Crippen molar-refractivity contribution >= 4 is 35.0 Å². The second kappa shape index (κ2) is 4.62. The van der Waals surface area contributed by atoms with Gasteiger partial charge in [-0.05, 0) is 25.3 Å². The van der Waals surface area contributed by atoms with Gasteiger partial charge in [0.15, 0.2) is 0 Å². The molecule has 2 unspecified atom stereocenters. The molecular weight excluding hydrogens is 263 g/mol. The maximum absolute atomic E-state index is 12.0. The fourth-order valence-corrected chi connectivity index (χ4v) is 2.97. The zero-order valence-electron chi connectivity index (χ0n) is 10.3. The highest BCUT2D eigenvalue weighted by Crippen LogP contribution is 2.70. The molecule has 17 heavy (non-hydrogen) atoms. The van der Waals surface area contributed by atoms with Crippen molar-refractivity contribution in [2.45, 2.75) is 27.7 Å². The molecule has 0 amide bonds. The number of ether oxygens (including phenoxy) is 1. The van der Waals surface area contributed by atoms with Crippen LogP contribution in [0.5, 0.6) is 0 Å². The van der Waals surface area contributed by atoms with E-state index in [-0.39, 0.29) is 22.8 Å². The standard InChI is InChI=1S/C12H16Cl2O3/c1-5-17-10(16)12(7(2)15)8(6-9(13)14)11(12,3)4/h6,8H,5H2,1-4H3. The Morgan fingerprint density at radius 2 is 1.88 bits per heavy atom. The first-order valence-electron chi connectivity index (χ1n) is 5.44. The van der Waals surface area contributed by atoms with Crippen LogP contribution < -0.4 is 0 Å². The lowest BCUT2D eigenvalue weighted by atomic mass is 9.92. The van der Waals surface area contributed by atoms with E-state index in [1.54, 1.807) is 13.0 Å². The fourth-order valence-electron chi connectivity index (χ4n) is 2.71. The number of ketones is 1. The monoisotopic (exact) mass is 278 g/mol. The quantitative estimate of drug-likeness (QED) is 0.586. The number of carbonyl (C=O) groups excluding carboxylic acids is 2. The molecule has 0 bridgehead atoms. The van der Waals surface area contributed by atoms with Crippen LogP contribution in [0.15, 0.2) is 10.6 Å². The van der Waals surface area contributed by atoms with Crippen molar-refractivity contribution < 1.29 is 14.3 Å². The van der Waals surface area contributed by atoms with Gasteiger partial charge in [-0.2, -0.15) is 0 Å². The Bertz CT molecular complexity index is 383. The maximum Gasteiger partial charge on any atom is 0.320 e. The van der Waals surface area contributed by atoms with Gasteiger partial charge in [0.05, 0.1) is 6.61 Å². The van der Waals surface area contributed by atoms with Crippen molar-refractivity contribution in [2.24, 2.45) is 16.7 Å². The first-order chi connectivity index (χ1) is 7.72. The number of halogens is 2. The Morgan fingerprint density at radius 1 is 1.35 bits per heavy atom. The minimum atomic E-state index is -1.14. The second-order valence-electron chi connectivity index (χ2n) is 4.74. The molecule has 0 spiro atoms. The summed E-state index contributed by atoms with van der Waals surface area (Å²) in [6.45, 7) is 7.02. The Hall–Kier alpha value is -0.540. The Morgan fingerprint density at radius 3 is 2.24 bits per heavy atom. The van der Waals surface area contributed by atoms with Crippen LogP contribution in [0.3, 0.4) is 0 Å². The van der Waals surface area contributed by atoms with Gasteiger partial charge in [-0.1, -0.05) is 37.0 Å². The minimum absolute atomic E-state index is 0.0653. The van der Waals surface area contributed by atoms with Crippen molar-refractivity contribution in [3.8, 4) is 0 Å². The molecule has 0 heterocycles. The van der Waals surface area contributed by atoms with Gasteiger partial charge in [-0.15, -0.1) is 0 Å². The summed E-state index contributed by atoms with van der Waals surface area (Å²) < 4.78 is 5.07. The summed E-state index contributed by atoms with van der Waals surface area (Å²) >= 11 is 11.2. The third-order valence-corrected chi connectivity index (χ3v) is 3.87. The summed E-state index contributed by atoms with van der Waals surface area (Å²) in [5, 5.41) is 0. The molecule has 3 nitrogen and oxygen atoms in total. The van der Waals surface area contributed by atoms with Crippen molar-refractivity contribution in [2.75, 3.05) is 6.61 Å². The number of carbonyl (C=O) groups is 2. The van der Waals surface area contributed by atoms with E-state index >= 15 is 0 Å². The van der Waals surface area contributed by atoms with Crippen LogP contribution in [0.4, 0.5) is 0 Å². The van der Waals surface area contributed by atoms with Crippen molar-refractivity contribution in [3.63, 3.8) is 0 Å². The molecule has 0 aliphatic heterocycles. The molecule has 0 radical (unpaired) electrons. The van der Waals surface area contributed by atoms with Crippen LogP contribution in [0.2, 0.25) is 0 Å².